The monoisotopic (exact) mass is 672 g/mol. The van der Waals surface area contributed by atoms with E-state index in [-0.39, 0.29) is 49.4 Å². The molecule has 2 heterocycles. The van der Waals surface area contributed by atoms with Gasteiger partial charge in [0.2, 0.25) is 11.8 Å². The van der Waals surface area contributed by atoms with E-state index < -0.39 is 47.1 Å². The number of aromatic nitrogens is 2. The van der Waals surface area contributed by atoms with Crippen LogP contribution >= 0.6 is 24.8 Å². The topological polar surface area (TPSA) is 132 Å². The lowest BCUT2D eigenvalue weighted by atomic mass is 9.98. The third kappa shape index (κ3) is 9.92. The van der Waals surface area contributed by atoms with E-state index >= 15 is 0 Å². The number of ether oxygens (including phenoxy) is 1. The number of hydrogen-bond acceptors (Lipinski definition) is 6. The number of carbonyl (C=O) groups excluding carboxylic acids is 3. The van der Waals surface area contributed by atoms with Crippen LogP contribution < -0.4 is 16.4 Å². The normalized spacial score (nSPS) is 14.5. The molecule has 0 radical (unpaired) electrons. The molecule has 10 nitrogen and oxygen atoms in total. The van der Waals surface area contributed by atoms with Crippen molar-refractivity contribution in [2.75, 3.05) is 25.0 Å². The summed E-state index contributed by atoms with van der Waals surface area (Å²) < 4.78 is 48.8. The van der Waals surface area contributed by atoms with Crippen molar-refractivity contribution in [1.29, 1.82) is 0 Å². The van der Waals surface area contributed by atoms with Crippen LogP contribution in [0.4, 0.5) is 19.0 Å². The first-order chi connectivity index (χ1) is 20.3. The van der Waals surface area contributed by atoms with Crippen LogP contribution in [0.1, 0.15) is 49.4 Å². The van der Waals surface area contributed by atoms with Crippen molar-refractivity contribution in [2.45, 2.75) is 57.1 Å². The zero-order valence-corrected chi connectivity index (χ0v) is 26.4. The lowest BCUT2D eigenvalue weighted by Crippen LogP contribution is -2.56. The number of nitrogens with two attached hydrogens (primary N) is 1. The molecule has 2 atom stereocenters. The number of hydrogen-bond donors (Lipinski definition) is 3. The summed E-state index contributed by atoms with van der Waals surface area (Å²) in [5, 5.41) is 5.15. The van der Waals surface area contributed by atoms with Crippen LogP contribution in [0.3, 0.4) is 0 Å². The number of halogens is 5. The molecule has 2 aromatic carbocycles. The molecule has 1 aromatic heterocycles. The van der Waals surface area contributed by atoms with Crippen molar-refractivity contribution in [3.05, 3.63) is 83.8 Å². The summed E-state index contributed by atoms with van der Waals surface area (Å²) in [6, 6.07) is 11.6. The Labute approximate surface area is 271 Å². The minimum absolute atomic E-state index is 0. The van der Waals surface area contributed by atoms with Crippen LogP contribution in [-0.2, 0) is 31.9 Å². The van der Waals surface area contributed by atoms with Crippen LogP contribution in [0.15, 0.2) is 67.1 Å². The second-order valence-electron chi connectivity index (χ2n) is 11.0. The van der Waals surface area contributed by atoms with Gasteiger partial charge in [-0.25, -0.2) is 4.98 Å². The SMILES string of the molecule is CC(C)(N)C(=O)N[C@H](COCc1ccccc1)C(=O)Nc1cn(C(C(=O)N2CCCC2)c2ccccc2C(F)(F)F)cn1.Cl.Cl. The number of likely N-dealkylation sites (tertiary alicyclic amines) is 1. The number of amides is 3. The van der Waals surface area contributed by atoms with Gasteiger partial charge in [0.25, 0.3) is 5.91 Å². The van der Waals surface area contributed by atoms with Crippen molar-refractivity contribution in [3.63, 3.8) is 0 Å². The minimum Gasteiger partial charge on any atom is -0.374 e. The van der Waals surface area contributed by atoms with E-state index in [1.54, 1.807) is 0 Å². The first kappa shape index (κ1) is 37.5. The molecule has 4 N–H and O–H groups in total. The highest BCUT2D eigenvalue weighted by Gasteiger charge is 2.39. The minimum atomic E-state index is -4.69. The second kappa shape index (κ2) is 16.1. The van der Waals surface area contributed by atoms with Gasteiger partial charge < -0.3 is 30.6 Å². The third-order valence-corrected chi connectivity index (χ3v) is 6.97. The maximum absolute atomic E-state index is 14.0. The summed E-state index contributed by atoms with van der Waals surface area (Å²) in [6.45, 7) is 3.83. The van der Waals surface area contributed by atoms with Crippen LogP contribution in [-0.4, -0.2) is 63.4 Å². The highest BCUT2D eigenvalue weighted by Crippen LogP contribution is 2.37. The number of alkyl halides is 3. The highest BCUT2D eigenvalue weighted by molar-refractivity contribution is 5.98. The van der Waals surface area contributed by atoms with Crippen molar-refractivity contribution in [1.82, 2.24) is 19.8 Å². The number of anilines is 1. The first-order valence-electron chi connectivity index (χ1n) is 13.9. The molecule has 0 bridgehead atoms. The number of nitrogens with one attached hydrogen (secondary N) is 2. The van der Waals surface area contributed by atoms with Gasteiger partial charge in [0, 0.05) is 19.3 Å². The fourth-order valence-electron chi connectivity index (χ4n) is 4.68. The van der Waals surface area contributed by atoms with Crippen LogP contribution in [0.25, 0.3) is 0 Å². The molecule has 0 aliphatic carbocycles. The Bertz CT molecular complexity index is 1430. The second-order valence-corrected chi connectivity index (χ2v) is 11.0. The van der Waals surface area contributed by atoms with Gasteiger partial charge >= 0.3 is 6.18 Å². The summed E-state index contributed by atoms with van der Waals surface area (Å²) >= 11 is 0. The molecule has 3 aromatic rings. The van der Waals surface area contributed by atoms with E-state index in [4.69, 9.17) is 10.5 Å². The van der Waals surface area contributed by atoms with Gasteiger partial charge in [-0.05, 0) is 43.9 Å². The molecule has 1 aliphatic rings. The van der Waals surface area contributed by atoms with E-state index in [2.05, 4.69) is 15.6 Å². The Kier molecular flexibility index (Phi) is 13.4. The summed E-state index contributed by atoms with van der Waals surface area (Å²) in [7, 11) is 0. The van der Waals surface area contributed by atoms with Crippen molar-refractivity contribution in [3.8, 4) is 0 Å². The molecule has 4 rings (SSSR count). The number of imidazole rings is 1. The largest absolute Gasteiger partial charge is 0.416 e. The maximum atomic E-state index is 14.0. The lowest BCUT2D eigenvalue weighted by molar-refractivity contribution is -0.139. The summed E-state index contributed by atoms with van der Waals surface area (Å²) in [5.74, 6) is -1.81. The molecule has 0 saturated carbocycles. The number of nitrogens with zero attached hydrogens (tertiary/aromatic N) is 3. The molecule has 1 aliphatic heterocycles. The van der Waals surface area contributed by atoms with Crippen LogP contribution in [0, 0.1) is 0 Å². The predicted octanol–water partition coefficient (Wildman–Crippen LogP) is 4.33. The van der Waals surface area contributed by atoms with E-state index in [0.717, 1.165) is 24.5 Å². The molecule has 1 saturated heterocycles. The standard InChI is InChI=1S/C30H35F3N6O4.2ClH/c1-29(2,34)28(42)36-23(18-43-17-20-10-4-3-5-11-20)26(40)37-24-16-39(19-35-24)25(27(41)38-14-8-9-15-38)21-12-6-7-13-22(21)30(31,32)33;;/h3-7,10-13,16,19,23,25H,8-9,14-15,17-18,34H2,1-2H3,(H,36,42)(H,37,40);2*1H/t23-,25?;;/m1../s1. The molecular formula is C30H37Cl2F3N6O4. The average molecular weight is 674 g/mol. The van der Waals surface area contributed by atoms with Crippen molar-refractivity contribution >= 4 is 48.4 Å². The van der Waals surface area contributed by atoms with E-state index in [1.165, 1.54) is 54.0 Å². The van der Waals surface area contributed by atoms with Gasteiger partial charge in [0.15, 0.2) is 5.82 Å². The smallest absolute Gasteiger partial charge is 0.374 e. The van der Waals surface area contributed by atoms with Gasteiger partial charge in [0.1, 0.15) is 12.1 Å². The fraction of sp³-hybridized carbons (Fsp3) is 0.400. The zero-order chi connectivity index (χ0) is 31.2. The zero-order valence-electron chi connectivity index (χ0n) is 24.8. The van der Waals surface area contributed by atoms with Crippen molar-refractivity contribution in [2.24, 2.45) is 5.73 Å². The van der Waals surface area contributed by atoms with Gasteiger partial charge in [-0.2, -0.15) is 13.2 Å². The van der Waals surface area contributed by atoms with Crippen molar-refractivity contribution < 1.29 is 32.3 Å². The molecule has 0 spiro atoms. The quantitative estimate of drug-likeness (QED) is 0.278. The van der Waals surface area contributed by atoms with Gasteiger partial charge in [-0.15, -0.1) is 24.8 Å². The number of benzene rings is 2. The van der Waals surface area contributed by atoms with E-state index in [1.807, 2.05) is 30.3 Å². The average Bonchev–Trinajstić information content (AvgIpc) is 3.65. The lowest BCUT2D eigenvalue weighted by Gasteiger charge is -2.26. The van der Waals surface area contributed by atoms with Gasteiger partial charge in [-0.1, -0.05) is 48.5 Å². The Balaban J connectivity index is 0.00000353. The van der Waals surface area contributed by atoms with Gasteiger partial charge in [0.05, 0.1) is 30.6 Å². The molecule has 15 heteroatoms. The molecule has 45 heavy (non-hydrogen) atoms. The number of rotatable bonds is 11. The Morgan fingerprint density at radius 1 is 1.00 bits per heavy atom. The Morgan fingerprint density at radius 2 is 1.62 bits per heavy atom. The molecule has 1 fully saturated rings. The van der Waals surface area contributed by atoms with Gasteiger partial charge in [-0.3, -0.25) is 14.4 Å². The Morgan fingerprint density at radius 3 is 2.24 bits per heavy atom. The third-order valence-electron chi connectivity index (χ3n) is 6.97. The fourth-order valence-corrected chi connectivity index (χ4v) is 4.68. The predicted molar refractivity (Wildman–Crippen MR) is 167 cm³/mol. The summed E-state index contributed by atoms with van der Waals surface area (Å²) in [4.78, 5) is 45.1. The van der Waals surface area contributed by atoms with E-state index in [9.17, 15) is 27.6 Å². The maximum Gasteiger partial charge on any atom is 0.416 e. The molecular weight excluding hydrogens is 636 g/mol. The molecule has 1 unspecified atom stereocenters. The number of carbonyl (C=O) groups is 3. The van der Waals surface area contributed by atoms with Crippen LogP contribution in [0.2, 0.25) is 0 Å². The first-order valence-corrected chi connectivity index (χ1v) is 13.9. The summed E-state index contributed by atoms with van der Waals surface area (Å²) in [5.41, 5.74) is 4.31. The molecule has 246 valence electrons. The highest BCUT2D eigenvalue weighted by atomic mass is 35.5. The van der Waals surface area contributed by atoms with E-state index in [0.29, 0.717) is 13.1 Å². The molecule has 3 amide bonds. The summed E-state index contributed by atoms with van der Waals surface area (Å²) in [6.07, 6.45) is -0.697. The van der Waals surface area contributed by atoms with Crippen LogP contribution in [0.5, 0.6) is 0 Å². The Hall–Kier alpha value is -3.65.